The molecule has 2 aromatic rings. The maximum atomic E-state index is 12.3. The molecule has 6 heteroatoms. The lowest BCUT2D eigenvalue weighted by atomic mass is 9.80. The number of aromatic nitrogens is 3. The van der Waals surface area contributed by atoms with E-state index in [2.05, 4.69) is 15.4 Å². The Morgan fingerprint density at radius 2 is 2.14 bits per heavy atom. The van der Waals surface area contributed by atoms with Crippen molar-refractivity contribution in [2.24, 2.45) is 11.8 Å². The van der Waals surface area contributed by atoms with Gasteiger partial charge in [-0.25, -0.2) is 4.52 Å². The highest BCUT2D eigenvalue weighted by Crippen LogP contribution is 2.30. The van der Waals surface area contributed by atoms with Crippen LogP contribution in [0.5, 0.6) is 0 Å². The van der Waals surface area contributed by atoms with Gasteiger partial charge in [-0.15, -0.1) is 11.6 Å². The van der Waals surface area contributed by atoms with Crippen LogP contribution in [-0.4, -0.2) is 32.9 Å². The summed E-state index contributed by atoms with van der Waals surface area (Å²) in [4.78, 5) is 16.4. The van der Waals surface area contributed by atoms with Gasteiger partial charge in [0.1, 0.15) is 0 Å². The van der Waals surface area contributed by atoms with E-state index in [1.54, 1.807) is 29.3 Å². The van der Waals surface area contributed by atoms with Gasteiger partial charge in [-0.05, 0) is 24.7 Å². The van der Waals surface area contributed by atoms with E-state index in [-0.39, 0.29) is 5.91 Å². The number of fused-ring (bicyclic) bond motifs is 1. The van der Waals surface area contributed by atoms with Crippen molar-refractivity contribution in [1.82, 2.24) is 19.9 Å². The van der Waals surface area contributed by atoms with Crippen molar-refractivity contribution in [3.63, 3.8) is 0 Å². The number of nitrogens with one attached hydrogen (secondary N) is 1. The molecule has 0 aliphatic heterocycles. The number of carbonyl (C=O) groups is 1. The fraction of sp³-hybridized carbons (Fsp3) is 0.533. The summed E-state index contributed by atoms with van der Waals surface area (Å²) in [7, 11) is 0. The van der Waals surface area contributed by atoms with Gasteiger partial charge in [0.2, 0.25) is 0 Å². The summed E-state index contributed by atoms with van der Waals surface area (Å²) in [5, 5.41) is 7.19. The van der Waals surface area contributed by atoms with Crippen LogP contribution in [0.2, 0.25) is 0 Å². The van der Waals surface area contributed by atoms with Crippen LogP contribution in [-0.2, 0) is 0 Å². The Labute approximate surface area is 128 Å². The fourth-order valence-electron chi connectivity index (χ4n) is 3.08. The topological polar surface area (TPSA) is 59.3 Å². The Balaban J connectivity index is 1.66. The smallest absolute Gasteiger partial charge is 0.255 e. The Bertz CT molecular complexity index is 627. The molecule has 0 bridgehead atoms. The minimum absolute atomic E-state index is 0.0862. The lowest BCUT2D eigenvalue weighted by Crippen LogP contribution is -2.34. The highest BCUT2D eigenvalue weighted by atomic mass is 35.5. The van der Waals surface area contributed by atoms with E-state index in [9.17, 15) is 4.79 Å². The normalized spacial score (nSPS) is 22.3. The maximum Gasteiger partial charge on any atom is 0.255 e. The van der Waals surface area contributed by atoms with Gasteiger partial charge in [-0.1, -0.05) is 12.8 Å². The molecule has 2 atom stereocenters. The predicted octanol–water partition coefficient (Wildman–Crippen LogP) is 2.50. The molecule has 2 heterocycles. The molecule has 21 heavy (non-hydrogen) atoms. The van der Waals surface area contributed by atoms with Crippen molar-refractivity contribution in [3.8, 4) is 0 Å². The molecule has 0 aromatic carbocycles. The maximum absolute atomic E-state index is 12.3. The zero-order chi connectivity index (χ0) is 14.7. The molecule has 2 aromatic heterocycles. The zero-order valence-electron chi connectivity index (χ0n) is 11.8. The number of alkyl halides is 1. The number of nitrogens with zero attached hydrogens (tertiary/aromatic N) is 3. The van der Waals surface area contributed by atoms with Crippen LogP contribution in [0.15, 0.2) is 24.8 Å². The van der Waals surface area contributed by atoms with Gasteiger partial charge in [0, 0.05) is 24.8 Å². The quantitative estimate of drug-likeness (QED) is 0.883. The van der Waals surface area contributed by atoms with E-state index in [1.807, 2.05) is 0 Å². The third-order valence-corrected chi connectivity index (χ3v) is 4.76. The molecule has 1 amide bonds. The summed E-state index contributed by atoms with van der Waals surface area (Å²) in [6, 6.07) is 0. The van der Waals surface area contributed by atoms with Crippen LogP contribution < -0.4 is 5.32 Å². The molecule has 1 aliphatic carbocycles. The lowest BCUT2D eigenvalue weighted by molar-refractivity contribution is 0.0938. The second-order valence-corrected chi connectivity index (χ2v) is 5.94. The summed E-state index contributed by atoms with van der Waals surface area (Å²) in [5.74, 6) is 1.60. The van der Waals surface area contributed by atoms with Gasteiger partial charge in [0.05, 0.1) is 23.5 Å². The van der Waals surface area contributed by atoms with Crippen LogP contribution in [0.3, 0.4) is 0 Å². The third kappa shape index (κ3) is 3.02. The predicted molar refractivity (Wildman–Crippen MR) is 81.5 cm³/mol. The SMILES string of the molecule is O=C(NCC1CCCCC1CCl)c1cnn2ccncc12. The molecule has 1 N–H and O–H groups in total. The molecule has 0 saturated heterocycles. The zero-order valence-corrected chi connectivity index (χ0v) is 12.6. The molecule has 112 valence electrons. The minimum Gasteiger partial charge on any atom is -0.352 e. The van der Waals surface area contributed by atoms with E-state index >= 15 is 0 Å². The van der Waals surface area contributed by atoms with Gasteiger partial charge in [0.15, 0.2) is 0 Å². The molecule has 1 saturated carbocycles. The standard InChI is InChI=1S/C15H19ClN4O/c16-7-11-3-1-2-4-12(11)8-18-15(21)13-9-19-20-6-5-17-10-14(13)20/h5-6,9-12H,1-4,7-8H2,(H,18,21). The summed E-state index contributed by atoms with van der Waals surface area (Å²) in [5.41, 5.74) is 1.30. The summed E-state index contributed by atoms with van der Waals surface area (Å²) in [6.07, 6.45) is 11.4. The molecular formula is C15H19ClN4O. The van der Waals surface area contributed by atoms with E-state index in [0.717, 1.165) is 11.9 Å². The Morgan fingerprint density at radius 3 is 2.95 bits per heavy atom. The largest absolute Gasteiger partial charge is 0.352 e. The summed E-state index contributed by atoms with van der Waals surface area (Å²) in [6.45, 7) is 0.688. The Kier molecular flexibility index (Phi) is 4.39. The molecule has 3 rings (SSSR count). The number of hydrogen-bond donors (Lipinski definition) is 1. The van der Waals surface area contributed by atoms with Crippen molar-refractivity contribution in [1.29, 1.82) is 0 Å². The van der Waals surface area contributed by atoms with Gasteiger partial charge in [-0.2, -0.15) is 5.10 Å². The van der Waals surface area contributed by atoms with Crippen molar-refractivity contribution in [2.75, 3.05) is 12.4 Å². The third-order valence-electron chi connectivity index (χ3n) is 4.36. The molecule has 1 fully saturated rings. The van der Waals surface area contributed by atoms with Crippen LogP contribution >= 0.6 is 11.6 Å². The highest BCUT2D eigenvalue weighted by molar-refractivity contribution is 6.18. The van der Waals surface area contributed by atoms with Crippen LogP contribution in [0.4, 0.5) is 0 Å². The van der Waals surface area contributed by atoms with E-state index < -0.39 is 0 Å². The molecule has 2 unspecified atom stereocenters. The molecule has 0 radical (unpaired) electrons. The van der Waals surface area contributed by atoms with Gasteiger partial charge >= 0.3 is 0 Å². The van der Waals surface area contributed by atoms with Crippen molar-refractivity contribution in [2.45, 2.75) is 25.7 Å². The van der Waals surface area contributed by atoms with Crippen molar-refractivity contribution >= 4 is 23.0 Å². The highest BCUT2D eigenvalue weighted by Gasteiger charge is 2.25. The first-order chi connectivity index (χ1) is 10.3. The monoisotopic (exact) mass is 306 g/mol. The second kappa shape index (κ2) is 6.43. The van der Waals surface area contributed by atoms with Crippen molar-refractivity contribution in [3.05, 3.63) is 30.4 Å². The lowest BCUT2D eigenvalue weighted by Gasteiger charge is -2.30. The van der Waals surface area contributed by atoms with Crippen LogP contribution in [0.1, 0.15) is 36.0 Å². The fourth-order valence-corrected chi connectivity index (χ4v) is 3.49. The average molecular weight is 307 g/mol. The average Bonchev–Trinajstić information content (AvgIpc) is 2.97. The number of hydrogen-bond acceptors (Lipinski definition) is 3. The Morgan fingerprint density at radius 1 is 1.33 bits per heavy atom. The van der Waals surface area contributed by atoms with Gasteiger partial charge in [-0.3, -0.25) is 9.78 Å². The summed E-state index contributed by atoms with van der Waals surface area (Å²) >= 11 is 6.03. The second-order valence-electron chi connectivity index (χ2n) is 5.63. The van der Waals surface area contributed by atoms with E-state index in [0.29, 0.717) is 29.8 Å². The molecule has 0 spiro atoms. The van der Waals surface area contributed by atoms with Gasteiger partial charge < -0.3 is 5.32 Å². The molecular weight excluding hydrogens is 288 g/mol. The minimum atomic E-state index is -0.0862. The number of amides is 1. The van der Waals surface area contributed by atoms with E-state index in [4.69, 9.17) is 11.6 Å². The van der Waals surface area contributed by atoms with Crippen molar-refractivity contribution < 1.29 is 4.79 Å². The number of carbonyl (C=O) groups excluding carboxylic acids is 1. The molecule has 5 nitrogen and oxygen atoms in total. The summed E-state index contributed by atoms with van der Waals surface area (Å²) < 4.78 is 1.66. The van der Waals surface area contributed by atoms with E-state index in [1.165, 1.54) is 19.3 Å². The molecule has 1 aliphatic rings. The number of rotatable bonds is 4. The first-order valence-electron chi connectivity index (χ1n) is 7.41. The Hall–Kier alpha value is -1.62. The number of halogens is 1. The first kappa shape index (κ1) is 14.3. The van der Waals surface area contributed by atoms with Gasteiger partial charge in [0.25, 0.3) is 5.91 Å². The van der Waals surface area contributed by atoms with Crippen LogP contribution in [0, 0.1) is 11.8 Å². The van der Waals surface area contributed by atoms with Crippen LogP contribution in [0.25, 0.3) is 5.52 Å². The first-order valence-corrected chi connectivity index (χ1v) is 7.94.